The summed E-state index contributed by atoms with van der Waals surface area (Å²) in [7, 11) is 0. The molecule has 2 bridgehead atoms. The molecule has 1 aliphatic heterocycles. The van der Waals surface area contributed by atoms with E-state index in [1.54, 1.807) is 0 Å². The largest absolute Gasteiger partial charge is 0.391 e. The second-order valence-electron chi connectivity index (χ2n) is 9.78. The molecule has 0 radical (unpaired) electrons. The molecule has 8 nitrogen and oxygen atoms in total. The molecule has 1 saturated heterocycles. The molecule has 186 valence electrons. The number of β-amino-alcohol motifs (C(OH)–C–C–N with tert-alkyl or cyclic N) is 1. The first-order valence-electron chi connectivity index (χ1n) is 11.7. The Hall–Kier alpha value is -3.37. The number of rotatable bonds is 4. The van der Waals surface area contributed by atoms with Crippen molar-refractivity contribution in [2.45, 2.75) is 37.8 Å². The van der Waals surface area contributed by atoms with Gasteiger partial charge < -0.3 is 10.4 Å². The third-order valence-corrected chi connectivity index (χ3v) is 7.72. The lowest BCUT2D eigenvalue weighted by Crippen LogP contribution is -2.39. The van der Waals surface area contributed by atoms with E-state index >= 15 is 4.39 Å². The number of nitrogens with one attached hydrogen (secondary N) is 1. The fraction of sp³-hybridized carbons (Fsp3) is 0.360. The number of hydrogen-bond donors (Lipinski definition) is 2. The summed E-state index contributed by atoms with van der Waals surface area (Å²) in [6, 6.07) is 4.36. The van der Waals surface area contributed by atoms with Crippen LogP contribution in [0.5, 0.6) is 0 Å². The third-order valence-electron chi connectivity index (χ3n) is 7.43. The van der Waals surface area contributed by atoms with Crippen molar-refractivity contribution in [3.05, 3.63) is 62.9 Å². The van der Waals surface area contributed by atoms with Gasteiger partial charge in [0.1, 0.15) is 22.9 Å². The number of pyridine rings is 2. The van der Waals surface area contributed by atoms with Crippen LogP contribution < -0.4 is 15.6 Å². The number of amides is 2. The fourth-order valence-electron chi connectivity index (χ4n) is 5.63. The van der Waals surface area contributed by atoms with Gasteiger partial charge >= 0.3 is 0 Å². The van der Waals surface area contributed by atoms with E-state index in [1.165, 1.54) is 17.0 Å². The maximum atomic E-state index is 15.0. The molecule has 7 rings (SSSR count). The van der Waals surface area contributed by atoms with Crippen molar-refractivity contribution in [3.8, 4) is 5.69 Å². The van der Waals surface area contributed by atoms with Crippen molar-refractivity contribution in [2.24, 2.45) is 11.8 Å². The minimum atomic E-state index is -1.02. The van der Waals surface area contributed by atoms with Crippen LogP contribution in [0, 0.1) is 23.5 Å². The highest BCUT2D eigenvalue weighted by atomic mass is 35.5. The van der Waals surface area contributed by atoms with Crippen LogP contribution in [0.15, 0.2) is 35.3 Å². The molecule has 1 aromatic carbocycles. The predicted molar refractivity (Wildman–Crippen MR) is 127 cm³/mol. The summed E-state index contributed by atoms with van der Waals surface area (Å²) in [5.41, 5.74) is -1.21. The van der Waals surface area contributed by atoms with Crippen LogP contribution in [0.4, 0.5) is 14.6 Å². The van der Waals surface area contributed by atoms with Gasteiger partial charge in [0.2, 0.25) is 11.3 Å². The molecule has 0 spiro atoms. The van der Waals surface area contributed by atoms with Gasteiger partial charge in [-0.3, -0.25) is 23.9 Å². The fourth-order valence-corrected chi connectivity index (χ4v) is 5.92. The van der Waals surface area contributed by atoms with E-state index in [2.05, 4.69) is 10.3 Å². The zero-order chi connectivity index (χ0) is 25.3. The average molecular weight is 515 g/mol. The maximum absolute atomic E-state index is 15.0. The number of carbonyl (C=O) groups is 2. The second-order valence-corrected chi connectivity index (χ2v) is 10.2. The van der Waals surface area contributed by atoms with Gasteiger partial charge in [-0.15, -0.1) is 0 Å². The van der Waals surface area contributed by atoms with Crippen LogP contribution in [-0.2, 0) is 4.79 Å². The zero-order valence-corrected chi connectivity index (χ0v) is 19.6. The number of aliphatic hydroxyl groups excluding tert-OH is 1. The van der Waals surface area contributed by atoms with E-state index < -0.39 is 29.1 Å². The van der Waals surface area contributed by atoms with Gasteiger partial charge in [0, 0.05) is 18.3 Å². The molecule has 2 N–H and O–H groups in total. The van der Waals surface area contributed by atoms with E-state index in [0.29, 0.717) is 17.9 Å². The molecule has 3 aromatic rings. The summed E-state index contributed by atoms with van der Waals surface area (Å²) in [6.07, 6.45) is 3.18. The van der Waals surface area contributed by atoms with Gasteiger partial charge in [-0.1, -0.05) is 11.6 Å². The van der Waals surface area contributed by atoms with E-state index in [0.717, 1.165) is 36.1 Å². The quantitative estimate of drug-likeness (QED) is 0.557. The molecule has 2 aromatic heterocycles. The molecule has 4 fully saturated rings. The standard InChI is InChI=1S/C25H21ClF2N4O4/c26-17-6-13(27)7-18(28)22(17)32-10-16(25(36)29-19-5-11-3-12(19)4-11)23(35)15-1-2-20(30-24(15)32)31-9-14(33)8-21(31)34/h1-2,6-7,10-12,14,19,33H,3-5,8-9H2,(H,29,36)/t11?,12?,14-,19?/m0/s1. The molecular formula is C25H21ClF2N4O4. The summed E-state index contributed by atoms with van der Waals surface area (Å²) in [4.78, 5) is 44.5. The maximum Gasteiger partial charge on any atom is 0.257 e. The first-order valence-corrected chi connectivity index (χ1v) is 12.1. The van der Waals surface area contributed by atoms with Crippen LogP contribution in [-0.4, -0.2) is 45.2 Å². The number of fused-ring (bicyclic) bond motifs is 2. The van der Waals surface area contributed by atoms with Crippen molar-refractivity contribution in [3.63, 3.8) is 0 Å². The minimum absolute atomic E-state index is 0.00546. The number of anilines is 1. The van der Waals surface area contributed by atoms with Crippen molar-refractivity contribution in [1.29, 1.82) is 0 Å². The monoisotopic (exact) mass is 514 g/mol. The number of nitrogens with zero attached hydrogens (tertiary/aromatic N) is 3. The Kier molecular flexibility index (Phi) is 5.34. The lowest BCUT2D eigenvalue weighted by Gasteiger charge is -2.24. The Morgan fingerprint density at radius 2 is 1.94 bits per heavy atom. The van der Waals surface area contributed by atoms with Gasteiger partial charge in [-0.25, -0.2) is 13.8 Å². The van der Waals surface area contributed by atoms with Gasteiger partial charge in [-0.2, -0.15) is 0 Å². The summed E-state index contributed by atoms with van der Waals surface area (Å²) in [5.74, 6) is -1.74. The van der Waals surface area contributed by atoms with Gasteiger partial charge in [0.05, 0.1) is 29.5 Å². The Balaban J connectivity index is 1.53. The minimum Gasteiger partial charge on any atom is -0.391 e. The molecule has 3 aliphatic carbocycles. The summed E-state index contributed by atoms with van der Waals surface area (Å²) in [5, 5.41) is 12.5. The highest BCUT2D eigenvalue weighted by Gasteiger charge is 2.45. The number of carbonyl (C=O) groups excluding carboxylic acids is 2. The molecule has 11 heteroatoms. The van der Waals surface area contributed by atoms with Crippen LogP contribution in [0.1, 0.15) is 36.0 Å². The number of aliphatic hydroxyl groups is 1. The Morgan fingerprint density at radius 3 is 2.58 bits per heavy atom. The number of benzene rings is 1. The van der Waals surface area contributed by atoms with Gasteiger partial charge in [0.25, 0.3) is 5.91 Å². The van der Waals surface area contributed by atoms with E-state index in [-0.39, 0.29) is 58.0 Å². The first kappa shape index (κ1) is 23.1. The summed E-state index contributed by atoms with van der Waals surface area (Å²) >= 11 is 6.21. The van der Waals surface area contributed by atoms with E-state index in [1.807, 2.05) is 0 Å². The predicted octanol–water partition coefficient (Wildman–Crippen LogP) is 2.94. The number of hydrogen-bond acceptors (Lipinski definition) is 5. The molecule has 4 aliphatic rings. The summed E-state index contributed by atoms with van der Waals surface area (Å²) in [6.45, 7) is 0.0112. The van der Waals surface area contributed by atoms with Crippen LogP contribution in [0.3, 0.4) is 0 Å². The van der Waals surface area contributed by atoms with Gasteiger partial charge in [0.15, 0.2) is 11.5 Å². The Bertz CT molecular complexity index is 1480. The topological polar surface area (TPSA) is 105 Å². The molecule has 2 atom stereocenters. The smallest absolute Gasteiger partial charge is 0.257 e. The van der Waals surface area contributed by atoms with Gasteiger partial charge in [-0.05, 0) is 49.3 Å². The Morgan fingerprint density at radius 1 is 1.17 bits per heavy atom. The number of halogens is 3. The molecule has 3 heterocycles. The highest BCUT2D eigenvalue weighted by molar-refractivity contribution is 6.32. The van der Waals surface area contributed by atoms with Crippen molar-refractivity contribution >= 4 is 40.3 Å². The average Bonchev–Trinajstić information content (AvgIpc) is 3.47. The van der Waals surface area contributed by atoms with Crippen LogP contribution >= 0.6 is 11.6 Å². The van der Waals surface area contributed by atoms with E-state index in [9.17, 15) is 23.9 Å². The molecule has 2 amide bonds. The van der Waals surface area contributed by atoms with Crippen molar-refractivity contribution in [2.75, 3.05) is 11.4 Å². The lowest BCUT2D eigenvalue weighted by atomic mass is 9.84. The first-order chi connectivity index (χ1) is 17.2. The van der Waals surface area contributed by atoms with Crippen molar-refractivity contribution in [1.82, 2.24) is 14.9 Å². The van der Waals surface area contributed by atoms with E-state index in [4.69, 9.17) is 11.6 Å². The molecule has 36 heavy (non-hydrogen) atoms. The SMILES string of the molecule is O=C(NC1CC2CC1C2)c1cn(-c2c(F)cc(F)cc2Cl)c2nc(N3C[C@@H](O)CC3=O)ccc2c1=O. The summed E-state index contributed by atoms with van der Waals surface area (Å²) < 4.78 is 29.9. The number of aromatic nitrogens is 2. The lowest BCUT2D eigenvalue weighted by molar-refractivity contribution is -0.117. The van der Waals surface area contributed by atoms with Crippen LogP contribution in [0.25, 0.3) is 16.7 Å². The molecule has 1 unspecified atom stereocenters. The van der Waals surface area contributed by atoms with Crippen molar-refractivity contribution < 1.29 is 23.5 Å². The molecular weight excluding hydrogens is 494 g/mol. The van der Waals surface area contributed by atoms with Crippen LogP contribution in [0.2, 0.25) is 5.02 Å². The highest BCUT2D eigenvalue weighted by Crippen LogP contribution is 2.48. The third kappa shape index (κ3) is 3.67. The molecule has 3 saturated carbocycles. The second kappa shape index (κ2) is 8.35. The zero-order valence-electron chi connectivity index (χ0n) is 18.9. The normalized spacial score (nSPS) is 24.9. The Labute approximate surface area is 208 Å².